The number of hydrogen-bond donors (Lipinski definition) is 2. The highest BCUT2D eigenvalue weighted by molar-refractivity contribution is 7.91. The third-order valence-electron chi connectivity index (χ3n) is 5.85. The van der Waals surface area contributed by atoms with Crippen molar-refractivity contribution in [3.63, 3.8) is 0 Å². The van der Waals surface area contributed by atoms with Crippen molar-refractivity contribution in [1.82, 2.24) is 5.32 Å². The Kier molecular flexibility index (Phi) is 11.9. The van der Waals surface area contributed by atoms with E-state index in [1.165, 1.54) is 17.7 Å². The summed E-state index contributed by atoms with van der Waals surface area (Å²) in [5.41, 5.74) is 8.89. The first-order valence-electron chi connectivity index (χ1n) is 12.4. The van der Waals surface area contributed by atoms with Crippen molar-refractivity contribution in [2.24, 2.45) is 11.7 Å². The van der Waals surface area contributed by atoms with Crippen molar-refractivity contribution in [3.05, 3.63) is 70.8 Å². The minimum atomic E-state index is -3.38. The van der Waals surface area contributed by atoms with E-state index in [1.807, 2.05) is 32.0 Å². The minimum Gasteiger partial charge on any atom is -0.459 e. The highest BCUT2D eigenvalue weighted by Crippen LogP contribution is 2.13. The van der Waals surface area contributed by atoms with Gasteiger partial charge in [0.2, 0.25) is 0 Å². The summed E-state index contributed by atoms with van der Waals surface area (Å²) in [5, 5.41) is 3.23. The molecular weight excluding hydrogens is 486 g/mol. The fourth-order valence-corrected chi connectivity index (χ4v) is 5.23. The van der Waals surface area contributed by atoms with Crippen LogP contribution in [0.5, 0.6) is 0 Å². The number of sulfone groups is 1. The zero-order valence-electron chi connectivity index (χ0n) is 21.3. The molecule has 0 radical (unpaired) electrons. The van der Waals surface area contributed by atoms with Gasteiger partial charge in [0.25, 0.3) is 0 Å². The predicted octanol–water partition coefficient (Wildman–Crippen LogP) is 3.95. The third-order valence-corrected chi connectivity index (χ3v) is 7.54. The first-order chi connectivity index (χ1) is 17.0. The molecule has 0 aliphatic heterocycles. The number of benzene rings is 2. The van der Waals surface area contributed by atoms with Gasteiger partial charge in [0, 0.05) is 25.2 Å². The van der Waals surface area contributed by atoms with Crippen LogP contribution in [0, 0.1) is 17.6 Å². The average Bonchev–Trinajstić information content (AvgIpc) is 2.80. The van der Waals surface area contributed by atoms with Crippen molar-refractivity contribution in [2.45, 2.75) is 65.1 Å². The number of esters is 1. The number of ether oxygens (including phenoxy) is 1. The number of aryl methyl sites for hydroxylation is 1. The van der Waals surface area contributed by atoms with Gasteiger partial charge in [-0.1, -0.05) is 45.0 Å². The second-order valence-electron chi connectivity index (χ2n) is 9.56. The summed E-state index contributed by atoms with van der Waals surface area (Å²) in [6.07, 6.45) is 0.404. The second kappa shape index (κ2) is 14.4. The largest absolute Gasteiger partial charge is 0.459 e. The summed E-state index contributed by atoms with van der Waals surface area (Å²) in [6, 6.07) is 10.4. The molecule has 0 bridgehead atoms. The zero-order valence-corrected chi connectivity index (χ0v) is 22.1. The van der Waals surface area contributed by atoms with E-state index in [1.54, 1.807) is 0 Å². The molecule has 0 heterocycles. The van der Waals surface area contributed by atoms with E-state index in [9.17, 15) is 22.0 Å². The Morgan fingerprint density at radius 2 is 1.69 bits per heavy atom. The van der Waals surface area contributed by atoms with Crippen LogP contribution in [0.15, 0.2) is 42.5 Å². The van der Waals surface area contributed by atoms with Crippen LogP contribution in [-0.2, 0) is 38.8 Å². The molecule has 0 saturated heterocycles. The van der Waals surface area contributed by atoms with Crippen molar-refractivity contribution < 1.29 is 26.7 Å². The molecule has 0 aliphatic rings. The molecule has 0 aliphatic carbocycles. The molecule has 0 spiro atoms. The molecule has 0 amide bonds. The van der Waals surface area contributed by atoms with E-state index in [-0.39, 0.29) is 36.8 Å². The minimum absolute atomic E-state index is 0.0183. The molecule has 2 atom stereocenters. The van der Waals surface area contributed by atoms with Gasteiger partial charge in [-0.05, 0) is 54.0 Å². The first-order valence-corrected chi connectivity index (χ1v) is 14.2. The highest BCUT2D eigenvalue weighted by atomic mass is 32.2. The lowest BCUT2D eigenvalue weighted by molar-refractivity contribution is -0.149. The van der Waals surface area contributed by atoms with Gasteiger partial charge in [0.1, 0.15) is 17.7 Å². The zero-order chi connectivity index (χ0) is 26.7. The molecule has 0 aromatic heterocycles. The first kappa shape index (κ1) is 29.9. The molecule has 200 valence electrons. The Bertz CT molecular complexity index is 1070. The number of rotatable bonds is 15. The molecule has 3 N–H and O–H groups in total. The SMILES string of the molecule is CCc1cccc(CNC[C@@H](OC(=O)CCS(=O)(=O)CCC(C)C)[C@@H](N)Cc2cc(F)cc(F)c2)c1. The predicted molar refractivity (Wildman–Crippen MR) is 138 cm³/mol. The van der Waals surface area contributed by atoms with Crippen molar-refractivity contribution in [3.8, 4) is 0 Å². The standard InChI is InChI=1S/C27H38F2N2O4S/c1-4-20-6-5-7-21(12-20)17-31-18-26(25(30)15-22-13-23(28)16-24(29)14-22)35-27(32)9-11-36(33,34)10-8-19(2)3/h5-7,12-14,16,19,25-26,31H,4,8-11,15,17-18,30H2,1-3H3/t25-,26+/m0/s1. The third kappa shape index (κ3) is 11.1. The van der Waals surface area contributed by atoms with Crippen molar-refractivity contribution >= 4 is 15.8 Å². The maximum Gasteiger partial charge on any atom is 0.307 e. The Balaban J connectivity index is 2.03. The van der Waals surface area contributed by atoms with Gasteiger partial charge >= 0.3 is 5.97 Å². The number of nitrogens with one attached hydrogen (secondary N) is 1. The Morgan fingerprint density at radius 3 is 2.33 bits per heavy atom. The number of nitrogens with two attached hydrogens (primary N) is 1. The summed E-state index contributed by atoms with van der Waals surface area (Å²) in [7, 11) is -3.38. The molecular formula is C27H38F2N2O4S. The molecule has 0 fully saturated rings. The van der Waals surface area contributed by atoms with Crippen LogP contribution >= 0.6 is 0 Å². The van der Waals surface area contributed by atoms with E-state index < -0.39 is 39.6 Å². The maximum atomic E-state index is 13.6. The van der Waals surface area contributed by atoms with Crippen LogP contribution in [0.4, 0.5) is 8.78 Å². The summed E-state index contributed by atoms with van der Waals surface area (Å²) >= 11 is 0. The normalized spacial score (nSPS) is 13.5. The average molecular weight is 525 g/mol. The number of hydrogen-bond acceptors (Lipinski definition) is 6. The van der Waals surface area contributed by atoms with E-state index >= 15 is 0 Å². The summed E-state index contributed by atoms with van der Waals surface area (Å²) < 4.78 is 57.3. The fourth-order valence-electron chi connectivity index (χ4n) is 3.72. The monoisotopic (exact) mass is 524 g/mol. The van der Waals surface area contributed by atoms with E-state index in [2.05, 4.69) is 18.3 Å². The van der Waals surface area contributed by atoms with Gasteiger partial charge in [-0.25, -0.2) is 17.2 Å². The fraction of sp³-hybridized carbons (Fsp3) is 0.519. The lowest BCUT2D eigenvalue weighted by atomic mass is 10.0. The summed E-state index contributed by atoms with van der Waals surface area (Å²) in [6.45, 7) is 6.64. The van der Waals surface area contributed by atoms with Crippen LogP contribution in [0.3, 0.4) is 0 Å². The molecule has 2 aromatic carbocycles. The van der Waals surface area contributed by atoms with Gasteiger partial charge in [0.05, 0.1) is 17.9 Å². The molecule has 6 nitrogen and oxygen atoms in total. The number of halogens is 2. The van der Waals surface area contributed by atoms with Crippen LogP contribution < -0.4 is 11.1 Å². The molecule has 9 heteroatoms. The lowest BCUT2D eigenvalue weighted by Gasteiger charge is -2.25. The van der Waals surface area contributed by atoms with Gasteiger partial charge in [-0.15, -0.1) is 0 Å². The van der Waals surface area contributed by atoms with E-state index in [4.69, 9.17) is 10.5 Å². The lowest BCUT2D eigenvalue weighted by Crippen LogP contribution is -2.46. The maximum absolute atomic E-state index is 13.6. The van der Waals surface area contributed by atoms with Gasteiger partial charge in [0.15, 0.2) is 9.84 Å². The molecule has 2 aromatic rings. The number of carbonyl (C=O) groups is 1. The summed E-state index contributed by atoms with van der Waals surface area (Å²) in [4.78, 5) is 12.5. The van der Waals surface area contributed by atoms with Crippen molar-refractivity contribution in [2.75, 3.05) is 18.1 Å². The molecule has 2 rings (SSSR count). The Morgan fingerprint density at radius 1 is 1.03 bits per heavy atom. The Hall–Kier alpha value is -2.36. The summed E-state index contributed by atoms with van der Waals surface area (Å²) in [5.74, 6) is -2.15. The molecule has 36 heavy (non-hydrogen) atoms. The van der Waals surface area contributed by atoms with Crippen LogP contribution in [0.1, 0.15) is 50.3 Å². The molecule has 0 saturated carbocycles. The van der Waals surface area contributed by atoms with Crippen LogP contribution in [0.25, 0.3) is 0 Å². The van der Waals surface area contributed by atoms with E-state index in [0.717, 1.165) is 18.1 Å². The quantitative estimate of drug-likeness (QED) is 0.343. The van der Waals surface area contributed by atoms with Crippen molar-refractivity contribution in [1.29, 1.82) is 0 Å². The second-order valence-corrected chi connectivity index (χ2v) is 11.9. The van der Waals surface area contributed by atoms with Crippen LogP contribution in [-0.4, -0.2) is 44.6 Å². The van der Waals surface area contributed by atoms with E-state index in [0.29, 0.717) is 18.5 Å². The molecule has 0 unspecified atom stereocenters. The topological polar surface area (TPSA) is 98.5 Å². The number of carbonyl (C=O) groups excluding carboxylic acids is 1. The van der Waals surface area contributed by atoms with Gasteiger partial charge in [-0.2, -0.15) is 0 Å². The highest BCUT2D eigenvalue weighted by Gasteiger charge is 2.24. The Labute approximate surface area is 213 Å². The van der Waals surface area contributed by atoms with Gasteiger partial charge < -0.3 is 15.8 Å². The van der Waals surface area contributed by atoms with Crippen LogP contribution in [0.2, 0.25) is 0 Å². The smallest absolute Gasteiger partial charge is 0.307 e. The van der Waals surface area contributed by atoms with Gasteiger partial charge in [-0.3, -0.25) is 4.79 Å².